The van der Waals surface area contributed by atoms with Crippen LogP contribution in [0.4, 0.5) is 0 Å². The molecule has 3 nitrogen and oxygen atoms in total. The third-order valence-corrected chi connectivity index (χ3v) is 1.77. The van der Waals surface area contributed by atoms with Crippen molar-refractivity contribution in [3.63, 3.8) is 0 Å². The van der Waals surface area contributed by atoms with Crippen LogP contribution in [0.1, 0.15) is 26.3 Å². The molecule has 0 bridgehead atoms. The number of carbonyl (C=O) groups excluding carboxylic acids is 1. The Morgan fingerprint density at radius 2 is 2.00 bits per heavy atom. The number of ether oxygens (including phenoxy) is 2. The third-order valence-electron chi connectivity index (χ3n) is 1.77. The van der Waals surface area contributed by atoms with Crippen LogP contribution in [0.2, 0.25) is 0 Å². The standard InChI is InChI=1S/C12H16O3/c1-8(2)14-11-5-6-12(9(3)7-11)15-10(4)13/h5-8H,1-4H3. The minimum Gasteiger partial charge on any atom is -0.491 e. The monoisotopic (exact) mass is 208 g/mol. The van der Waals surface area contributed by atoms with E-state index < -0.39 is 0 Å². The molecular weight excluding hydrogens is 192 g/mol. The third kappa shape index (κ3) is 3.62. The Morgan fingerprint density at radius 1 is 1.33 bits per heavy atom. The topological polar surface area (TPSA) is 35.5 Å². The molecule has 82 valence electrons. The van der Waals surface area contributed by atoms with Crippen molar-refractivity contribution in [3.8, 4) is 11.5 Å². The van der Waals surface area contributed by atoms with E-state index in [4.69, 9.17) is 9.47 Å². The van der Waals surface area contributed by atoms with Crippen LogP contribution in [0, 0.1) is 6.92 Å². The van der Waals surface area contributed by atoms with Gasteiger partial charge in [-0.3, -0.25) is 4.79 Å². The predicted octanol–water partition coefficient (Wildman–Crippen LogP) is 2.71. The van der Waals surface area contributed by atoms with Crippen LogP contribution >= 0.6 is 0 Å². The first-order valence-corrected chi connectivity index (χ1v) is 4.94. The summed E-state index contributed by atoms with van der Waals surface area (Å²) in [5.41, 5.74) is 0.892. The summed E-state index contributed by atoms with van der Waals surface area (Å²) in [5, 5.41) is 0. The molecule has 0 fully saturated rings. The lowest BCUT2D eigenvalue weighted by molar-refractivity contribution is -0.131. The molecule has 0 aliphatic heterocycles. The average Bonchev–Trinajstić information content (AvgIpc) is 2.08. The molecule has 0 aliphatic carbocycles. The van der Waals surface area contributed by atoms with Crippen LogP contribution in [0.25, 0.3) is 0 Å². The van der Waals surface area contributed by atoms with Gasteiger partial charge in [-0.25, -0.2) is 0 Å². The Labute approximate surface area is 90.0 Å². The van der Waals surface area contributed by atoms with Gasteiger partial charge in [0.25, 0.3) is 0 Å². The van der Waals surface area contributed by atoms with Gasteiger partial charge in [0.05, 0.1) is 6.10 Å². The van der Waals surface area contributed by atoms with Crippen LogP contribution in [0.5, 0.6) is 11.5 Å². The van der Waals surface area contributed by atoms with Crippen LogP contribution in [0.3, 0.4) is 0 Å². The molecule has 0 atom stereocenters. The zero-order valence-corrected chi connectivity index (χ0v) is 9.53. The summed E-state index contributed by atoms with van der Waals surface area (Å²) in [6, 6.07) is 5.40. The van der Waals surface area contributed by atoms with Crippen molar-refractivity contribution in [2.75, 3.05) is 0 Å². The van der Waals surface area contributed by atoms with Gasteiger partial charge in [-0.2, -0.15) is 0 Å². The van der Waals surface area contributed by atoms with Gasteiger partial charge in [0.15, 0.2) is 0 Å². The number of hydrogen-bond acceptors (Lipinski definition) is 3. The van der Waals surface area contributed by atoms with Gasteiger partial charge in [0.1, 0.15) is 11.5 Å². The molecule has 0 saturated heterocycles. The second-order valence-corrected chi connectivity index (χ2v) is 3.69. The van der Waals surface area contributed by atoms with E-state index >= 15 is 0 Å². The molecule has 15 heavy (non-hydrogen) atoms. The Bertz CT molecular complexity index is 356. The quantitative estimate of drug-likeness (QED) is 0.566. The van der Waals surface area contributed by atoms with E-state index in [2.05, 4.69) is 0 Å². The fourth-order valence-corrected chi connectivity index (χ4v) is 1.24. The lowest BCUT2D eigenvalue weighted by atomic mass is 10.2. The Morgan fingerprint density at radius 3 is 2.47 bits per heavy atom. The van der Waals surface area contributed by atoms with Crippen LogP contribution in [-0.2, 0) is 4.79 Å². The average molecular weight is 208 g/mol. The largest absolute Gasteiger partial charge is 0.491 e. The molecule has 1 aromatic rings. The summed E-state index contributed by atoms with van der Waals surface area (Å²) in [7, 11) is 0. The fourth-order valence-electron chi connectivity index (χ4n) is 1.24. The van der Waals surface area contributed by atoms with Gasteiger partial charge in [-0.1, -0.05) is 0 Å². The molecule has 0 spiro atoms. The SMILES string of the molecule is CC(=O)Oc1ccc(OC(C)C)cc1C. The molecule has 0 amide bonds. The number of hydrogen-bond donors (Lipinski definition) is 0. The van der Waals surface area contributed by atoms with E-state index in [9.17, 15) is 4.79 Å². The van der Waals surface area contributed by atoms with Crippen molar-refractivity contribution < 1.29 is 14.3 Å². The molecule has 0 aliphatic rings. The highest BCUT2D eigenvalue weighted by molar-refractivity contribution is 5.69. The molecular formula is C12H16O3. The zero-order valence-electron chi connectivity index (χ0n) is 9.53. The summed E-state index contributed by atoms with van der Waals surface area (Å²) in [5.74, 6) is 1.06. The summed E-state index contributed by atoms with van der Waals surface area (Å²) >= 11 is 0. The van der Waals surface area contributed by atoms with Crippen molar-refractivity contribution in [2.24, 2.45) is 0 Å². The molecule has 1 rings (SSSR count). The van der Waals surface area contributed by atoms with Gasteiger partial charge < -0.3 is 9.47 Å². The summed E-state index contributed by atoms with van der Waals surface area (Å²) in [6.45, 7) is 7.20. The molecule has 0 aromatic heterocycles. The number of carbonyl (C=O) groups is 1. The molecule has 0 heterocycles. The lowest BCUT2D eigenvalue weighted by Crippen LogP contribution is -2.06. The number of rotatable bonds is 3. The Balaban J connectivity index is 2.83. The maximum absolute atomic E-state index is 10.8. The molecule has 1 aromatic carbocycles. The van der Waals surface area contributed by atoms with Gasteiger partial charge in [0.2, 0.25) is 0 Å². The maximum Gasteiger partial charge on any atom is 0.308 e. The first-order valence-electron chi connectivity index (χ1n) is 4.94. The van der Waals surface area contributed by atoms with E-state index in [0.717, 1.165) is 11.3 Å². The first-order chi connectivity index (χ1) is 6.99. The predicted molar refractivity (Wildman–Crippen MR) is 58.3 cm³/mol. The molecule has 0 radical (unpaired) electrons. The van der Waals surface area contributed by atoms with E-state index in [0.29, 0.717) is 5.75 Å². The van der Waals surface area contributed by atoms with E-state index in [1.54, 1.807) is 12.1 Å². The minimum atomic E-state index is -0.310. The zero-order chi connectivity index (χ0) is 11.4. The second-order valence-electron chi connectivity index (χ2n) is 3.69. The van der Waals surface area contributed by atoms with Gasteiger partial charge in [-0.05, 0) is 44.5 Å². The lowest BCUT2D eigenvalue weighted by Gasteiger charge is -2.11. The Kier molecular flexibility index (Phi) is 3.72. The second kappa shape index (κ2) is 4.82. The van der Waals surface area contributed by atoms with Crippen LogP contribution in [0.15, 0.2) is 18.2 Å². The van der Waals surface area contributed by atoms with Crippen molar-refractivity contribution >= 4 is 5.97 Å². The maximum atomic E-state index is 10.8. The highest BCUT2D eigenvalue weighted by Gasteiger charge is 2.05. The van der Waals surface area contributed by atoms with Crippen LogP contribution in [-0.4, -0.2) is 12.1 Å². The molecule has 0 unspecified atom stereocenters. The summed E-state index contributed by atoms with van der Waals surface area (Å²) in [6.07, 6.45) is 0.143. The summed E-state index contributed by atoms with van der Waals surface area (Å²) in [4.78, 5) is 10.8. The number of esters is 1. The van der Waals surface area contributed by atoms with E-state index in [1.807, 2.05) is 26.8 Å². The number of aryl methyl sites for hydroxylation is 1. The van der Waals surface area contributed by atoms with Gasteiger partial charge in [0, 0.05) is 6.92 Å². The first kappa shape index (κ1) is 11.6. The molecule has 3 heteroatoms. The van der Waals surface area contributed by atoms with Crippen molar-refractivity contribution in [1.29, 1.82) is 0 Å². The van der Waals surface area contributed by atoms with E-state index in [1.165, 1.54) is 6.92 Å². The van der Waals surface area contributed by atoms with Crippen molar-refractivity contribution in [1.82, 2.24) is 0 Å². The van der Waals surface area contributed by atoms with Crippen LogP contribution < -0.4 is 9.47 Å². The molecule has 0 N–H and O–H groups in total. The summed E-state index contributed by atoms with van der Waals surface area (Å²) < 4.78 is 10.5. The Hall–Kier alpha value is -1.51. The molecule has 0 saturated carbocycles. The van der Waals surface area contributed by atoms with Crippen molar-refractivity contribution in [3.05, 3.63) is 23.8 Å². The van der Waals surface area contributed by atoms with Gasteiger partial charge in [-0.15, -0.1) is 0 Å². The minimum absolute atomic E-state index is 0.143. The van der Waals surface area contributed by atoms with Gasteiger partial charge >= 0.3 is 5.97 Å². The highest BCUT2D eigenvalue weighted by Crippen LogP contribution is 2.24. The smallest absolute Gasteiger partial charge is 0.308 e. The fraction of sp³-hybridized carbons (Fsp3) is 0.417. The van der Waals surface area contributed by atoms with E-state index in [-0.39, 0.29) is 12.1 Å². The van der Waals surface area contributed by atoms with Crippen molar-refractivity contribution in [2.45, 2.75) is 33.8 Å². The number of benzene rings is 1. The normalized spacial score (nSPS) is 10.2. The highest BCUT2D eigenvalue weighted by atomic mass is 16.5.